The minimum Gasteiger partial charge on any atom is -0.299 e. The zero-order valence-electron chi connectivity index (χ0n) is 10.9. The fourth-order valence-electron chi connectivity index (χ4n) is 2.07. The summed E-state index contributed by atoms with van der Waals surface area (Å²) in [5.41, 5.74) is 1.70. The van der Waals surface area contributed by atoms with Crippen molar-refractivity contribution in [3.05, 3.63) is 70.5 Å². The van der Waals surface area contributed by atoms with Crippen LogP contribution in [0.5, 0.6) is 0 Å². The van der Waals surface area contributed by atoms with E-state index in [1.165, 1.54) is 12.1 Å². The normalized spacial score (nSPS) is 10.6. The number of carbonyl (C=O) groups is 1. The molecule has 0 fully saturated rings. The lowest BCUT2D eigenvalue weighted by Crippen LogP contribution is -2.08. The topological polar surface area (TPSA) is 17.1 Å². The van der Waals surface area contributed by atoms with E-state index in [9.17, 15) is 18.0 Å². The van der Waals surface area contributed by atoms with Gasteiger partial charge in [-0.05, 0) is 47.9 Å². The number of carbonyl (C=O) groups excluding carboxylic acids is 1. The number of hydrogen-bond donors (Lipinski definition) is 0. The van der Waals surface area contributed by atoms with E-state index in [1.54, 1.807) is 13.0 Å². The van der Waals surface area contributed by atoms with E-state index in [1.807, 2.05) is 0 Å². The average molecular weight is 278 g/mol. The van der Waals surface area contributed by atoms with Gasteiger partial charge in [0.15, 0.2) is 0 Å². The summed E-state index contributed by atoms with van der Waals surface area (Å²) < 4.78 is 39.0. The van der Waals surface area contributed by atoms with Crippen LogP contribution in [-0.2, 0) is 17.6 Å². The molecular weight excluding hydrogens is 265 g/mol. The summed E-state index contributed by atoms with van der Waals surface area (Å²) in [5.74, 6) is -1.94. The molecule has 2 rings (SSSR count). The molecule has 0 saturated carbocycles. The van der Waals surface area contributed by atoms with Gasteiger partial charge in [-0.2, -0.15) is 0 Å². The Bertz CT molecular complexity index is 630. The van der Waals surface area contributed by atoms with E-state index >= 15 is 0 Å². The first-order valence-corrected chi connectivity index (χ1v) is 6.16. The van der Waals surface area contributed by atoms with Crippen LogP contribution in [0.3, 0.4) is 0 Å². The molecule has 2 aromatic rings. The molecule has 104 valence electrons. The van der Waals surface area contributed by atoms with Crippen LogP contribution < -0.4 is 0 Å². The summed E-state index contributed by atoms with van der Waals surface area (Å²) in [4.78, 5) is 11.9. The van der Waals surface area contributed by atoms with Gasteiger partial charge in [0.05, 0.1) is 0 Å². The van der Waals surface area contributed by atoms with Gasteiger partial charge < -0.3 is 0 Å². The SMILES string of the molecule is Cc1cc(F)ccc1CC(=O)Cc1cc(F)cc(F)c1. The predicted molar refractivity (Wildman–Crippen MR) is 69.9 cm³/mol. The molecule has 0 N–H and O–H groups in total. The van der Waals surface area contributed by atoms with Gasteiger partial charge in [0.2, 0.25) is 0 Å². The highest BCUT2D eigenvalue weighted by molar-refractivity contribution is 5.83. The fourth-order valence-corrected chi connectivity index (χ4v) is 2.07. The Labute approximate surface area is 115 Å². The molecule has 0 saturated heterocycles. The van der Waals surface area contributed by atoms with Crippen molar-refractivity contribution in [1.82, 2.24) is 0 Å². The third-order valence-corrected chi connectivity index (χ3v) is 3.02. The number of halogens is 3. The molecule has 0 aliphatic heterocycles. The molecule has 0 aliphatic rings. The Hall–Kier alpha value is -2.10. The molecule has 0 bridgehead atoms. The van der Waals surface area contributed by atoms with Crippen molar-refractivity contribution >= 4 is 5.78 Å². The summed E-state index contributed by atoms with van der Waals surface area (Å²) in [6.45, 7) is 1.72. The molecule has 2 aromatic carbocycles. The van der Waals surface area contributed by atoms with Crippen LogP contribution >= 0.6 is 0 Å². The van der Waals surface area contributed by atoms with Gasteiger partial charge >= 0.3 is 0 Å². The van der Waals surface area contributed by atoms with Crippen molar-refractivity contribution in [3.63, 3.8) is 0 Å². The van der Waals surface area contributed by atoms with Gasteiger partial charge in [0.25, 0.3) is 0 Å². The van der Waals surface area contributed by atoms with Crippen molar-refractivity contribution in [2.75, 3.05) is 0 Å². The second-order valence-corrected chi connectivity index (χ2v) is 4.74. The average Bonchev–Trinajstić information content (AvgIpc) is 2.31. The van der Waals surface area contributed by atoms with Gasteiger partial charge in [-0.1, -0.05) is 6.07 Å². The van der Waals surface area contributed by atoms with Crippen LogP contribution in [0.2, 0.25) is 0 Å². The number of Topliss-reactive ketones (excluding diaryl/α,β-unsaturated/α-hetero) is 1. The summed E-state index contributed by atoms with van der Waals surface area (Å²) in [5, 5.41) is 0. The van der Waals surface area contributed by atoms with E-state index < -0.39 is 11.6 Å². The van der Waals surface area contributed by atoms with E-state index in [4.69, 9.17) is 0 Å². The van der Waals surface area contributed by atoms with E-state index in [0.717, 1.165) is 18.2 Å². The van der Waals surface area contributed by atoms with Gasteiger partial charge in [0, 0.05) is 18.9 Å². The number of benzene rings is 2. The Kier molecular flexibility index (Phi) is 4.23. The van der Waals surface area contributed by atoms with Crippen molar-refractivity contribution in [1.29, 1.82) is 0 Å². The molecule has 20 heavy (non-hydrogen) atoms. The van der Waals surface area contributed by atoms with Crippen LogP contribution in [0.25, 0.3) is 0 Å². The third-order valence-electron chi connectivity index (χ3n) is 3.02. The van der Waals surface area contributed by atoms with Crippen molar-refractivity contribution in [2.24, 2.45) is 0 Å². The molecule has 0 unspecified atom stereocenters. The minimum absolute atomic E-state index is 0.0501. The van der Waals surface area contributed by atoms with Crippen LogP contribution in [0.15, 0.2) is 36.4 Å². The van der Waals surface area contributed by atoms with Gasteiger partial charge in [-0.25, -0.2) is 13.2 Å². The molecule has 0 spiro atoms. The molecule has 0 radical (unpaired) electrons. The Morgan fingerprint density at radius 1 is 0.900 bits per heavy atom. The maximum atomic E-state index is 13.0. The molecule has 0 atom stereocenters. The van der Waals surface area contributed by atoms with Gasteiger partial charge in [-0.15, -0.1) is 0 Å². The second kappa shape index (κ2) is 5.90. The summed E-state index contributed by atoms with van der Waals surface area (Å²) in [7, 11) is 0. The lowest BCUT2D eigenvalue weighted by atomic mass is 9.99. The van der Waals surface area contributed by atoms with Gasteiger partial charge in [0.1, 0.15) is 23.2 Å². The highest BCUT2D eigenvalue weighted by Gasteiger charge is 2.10. The molecule has 0 aromatic heterocycles. The first-order valence-electron chi connectivity index (χ1n) is 6.16. The van der Waals surface area contributed by atoms with Crippen molar-refractivity contribution < 1.29 is 18.0 Å². The zero-order chi connectivity index (χ0) is 14.7. The molecule has 0 aliphatic carbocycles. The van der Waals surface area contributed by atoms with E-state index in [0.29, 0.717) is 16.7 Å². The highest BCUT2D eigenvalue weighted by Crippen LogP contribution is 2.14. The third kappa shape index (κ3) is 3.70. The van der Waals surface area contributed by atoms with Gasteiger partial charge in [-0.3, -0.25) is 4.79 Å². The van der Waals surface area contributed by atoms with Crippen molar-refractivity contribution in [2.45, 2.75) is 19.8 Å². The molecule has 1 nitrogen and oxygen atoms in total. The van der Waals surface area contributed by atoms with E-state index in [2.05, 4.69) is 0 Å². The van der Waals surface area contributed by atoms with E-state index in [-0.39, 0.29) is 24.4 Å². The first-order chi connectivity index (χ1) is 9.44. The Balaban J connectivity index is 2.09. The van der Waals surface area contributed by atoms with Crippen LogP contribution in [0.4, 0.5) is 13.2 Å². The molecule has 0 amide bonds. The Morgan fingerprint density at radius 3 is 2.15 bits per heavy atom. The smallest absolute Gasteiger partial charge is 0.141 e. The standard InChI is InChI=1S/C16H13F3O/c1-10-4-13(17)3-2-12(10)8-16(20)7-11-5-14(18)9-15(19)6-11/h2-6,9H,7-8H2,1H3. The minimum atomic E-state index is -0.703. The summed E-state index contributed by atoms with van der Waals surface area (Å²) in [6.07, 6.45) is 0.0652. The van der Waals surface area contributed by atoms with Crippen LogP contribution in [-0.4, -0.2) is 5.78 Å². The quantitative estimate of drug-likeness (QED) is 0.832. The first kappa shape index (κ1) is 14.3. The molecule has 0 heterocycles. The second-order valence-electron chi connectivity index (χ2n) is 4.74. The number of ketones is 1. The predicted octanol–water partition coefficient (Wildman–Crippen LogP) is 3.77. The summed E-state index contributed by atoms with van der Waals surface area (Å²) >= 11 is 0. The maximum absolute atomic E-state index is 13.0. The number of hydrogen-bond acceptors (Lipinski definition) is 1. The maximum Gasteiger partial charge on any atom is 0.141 e. The monoisotopic (exact) mass is 278 g/mol. The number of rotatable bonds is 4. The summed E-state index contributed by atoms with van der Waals surface area (Å²) in [6, 6.07) is 7.23. The Morgan fingerprint density at radius 2 is 1.55 bits per heavy atom. The van der Waals surface area contributed by atoms with Crippen LogP contribution in [0.1, 0.15) is 16.7 Å². The zero-order valence-corrected chi connectivity index (χ0v) is 10.9. The fraction of sp³-hybridized carbons (Fsp3) is 0.188. The molecule has 4 heteroatoms. The highest BCUT2D eigenvalue weighted by atomic mass is 19.1. The van der Waals surface area contributed by atoms with Crippen molar-refractivity contribution in [3.8, 4) is 0 Å². The lowest BCUT2D eigenvalue weighted by molar-refractivity contribution is -0.117. The lowest BCUT2D eigenvalue weighted by Gasteiger charge is -2.06. The van der Waals surface area contributed by atoms with Crippen LogP contribution in [0, 0.1) is 24.4 Å². The number of aryl methyl sites for hydroxylation is 1. The molecular formula is C16H13F3O. The largest absolute Gasteiger partial charge is 0.299 e.